The minimum absolute atomic E-state index is 0.392. The molecule has 0 saturated heterocycles. The molecule has 2 aromatic carbocycles. The molecule has 0 atom stereocenters. The third kappa shape index (κ3) is 5.36. The molecular weight excluding hydrogens is 509 g/mol. The van der Waals surface area contributed by atoms with Gasteiger partial charge in [0.25, 0.3) is 0 Å². The second kappa shape index (κ2) is 11.1. The van der Waals surface area contributed by atoms with Crippen molar-refractivity contribution >= 4 is 45.0 Å². The summed E-state index contributed by atoms with van der Waals surface area (Å²) < 4.78 is 23.0. The van der Waals surface area contributed by atoms with Crippen LogP contribution in [0.4, 0.5) is 11.5 Å². The standard InChI is InChI=1S/C23H24IN3O4/c1-5-16-7-6-8-19(22(16)24)27(2)23-17-13-20(30-11-9-28-3)21(31-12-10-29-4)14-18(17)25-15-26-23/h1,6-8,13-15H,9-12H2,2-4H3. The highest BCUT2D eigenvalue weighted by Gasteiger charge is 2.17. The molecule has 0 bridgehead atoms. The van der Waals surface area contributed by atoms with Crippen molar-refractivity contribution in [1.82, 2.24) is 9.97 Å². The lowest BCUT2D eigenvalue weighted by atomic mass is 10.1. The summed E-state index contributed by atoms with van der Waals surface area (Å²) in [6, 6.07) is 9.62. The molecule has 0 spiro atoms. The number of fused-ring (bicyclic) bond motifs is 1. The van der Waals surface area contributed by atoms with Crippen molar-refractivity contribution in [3.8, 4) is 23.8 Å². The number of methoxy groups -OCH3 is 2. The third-order valence-electron chi connectivity index (χ3n) is 4.58. The van der Waals surface area contributed by atoms with Crippen LogP contribution in [-0.4, -0.2) is 57.7 Å². The molecule has 7 nitrogen and oxygen atoms in total. The summed E-state index contributed by atoms with van der Waals surface area (Å²) in [4.78, 5) is 11.0. The van der Waals surface area contributed by atoms with Crippen molar-refractivity contribution in [2.24, 2.45) is 0 Å². The quantitative estimate of drug-likeness (QED) is 0.222. The topological polar surface area (TPSA) is 65.9 Å². The van der Waals surface area contributed by atoms with Crippen molar-refractivity contribution in [3.63, 3.8) is 0 Å². The van der Waals surface area contributed by atoms with Crippen LogP contribution in [0, 0.1) is 15.9 Å². The first-order valence-corrected chi connectivity index (χ1v) is 10.7. The zero-order chi connectivity index (χ0) is 22.2. The summed E-state index contributed by atoms with van der Waals surface area (Å²) in [6.45, 7) is 1.73. The van der Waals surface area contributed by atoms with Gasteiger partial charge in [0.15, 0.2) is 11.5 Å². The number of hydrogen-bond donors (Lipinski definition) is 0. The second-order valence-electron chi connectivity index (χ2n) is 6.54. The second-order valence-corrected chi connectivity index (χ2v) is 7.62. The van der Waals surface area contributed by atoms with Gasteiger partial charge in [-0.2, -0.15) is 0 Å². The Labute approximate surface area is 195 Å². The molecule has 0 saturated carbocycles. The van der Waals surface area contributed by atoms with Crippen molar-refractivity contribution in [2.75, 3.05) is 52.6 Å². The van der Waals surface area contributed by atoms with E-state index in [1.165, 1.54) is 6.33 Å². The van der Waals surface area contributed by atoms with Crippen LogP contribution in [0.2, 0.25) is 0 Å². The van der Waals surface area contributed by atoms with Crippen LogP contribution in [0.1, 0.15) is 5.56 Å². The molecule has 8 heteroatoms. The highest BCUT2D eigenvalue weighted by Crippen LogP contribution is 2.37. The molecule has 3 rings (SSSR count). The van der Waals surface area contributed by atoms with E-state index in [0.29, 0.717) is 37.9 Å². The van der Waals surface area contributed by atoms with E-state index in [2.05, 4.69) is 38.5 Å². The molecule has 0 amide bonds. The molecule has 0 unspecified atom stereocenters. The summed E-state index contributed by atoms with van der Waals surface area (Å²) in [6.07, 6.45) is 7.18. The summed E-state index contributed by atoms with van der Waals surface area (Å²) in [5, 5.41) is 0.832. The molecule has 0 radical (unpaired) electrons. The van der Waals surface area contributed by atoms with Crippen LogP contribution in [0.25, 0.3) is 10.9 Å². The first kappa shape index (κ1) is 23.1. The Morgan fingerprint density at radius 2 is 1.68 bits per heavy atom. The van der Waals surface area contributed by atoms with Crippen molar-refractivity contribution in [1.29, 1.82) is 0 Å². The fourth-order valence-electron chi connectivity index (χ4n) is 3.02. The SMILES string of the molecule is C#Cc1cccc(N(C)c2ncnc3cc(OCCOC)c(OCCOC)cc23)c1I. The minimum atomic E-state index is 0.392. The Morgan fingerprint density at radius 1 is 1.00 bits per heavy atom. The van der Waals surface area contributed by atoms with Gasteiger partial charge in [-0.15, -0.1) is 6.42 Å². The van der Waals surface area contributed by atoms with Crippen LogP contribution in [0.3, 0.4) is 0 Å². The van der Waals surface area contributed by atoms with Gasteiger partial charge in [0, 0.05) is 38.3 Å². The van der Waals surface area contributed by atoms with E-state index < -0.39 is 0 Å². The molecule has 31 heavy (non-hydrogen) atoms. The number of hydrogen-bond acceptors (Lipinski definition) is 7. The number of rotatable bonds is 10. The highest BCUT2D eigenvalue weighted by atomic mass is 127. The van der Waals surface area contributed by atoms with E-state index in [4.69, 9.17) is 25.4 Å². The van der Waals surface area contributed by atoms with E-state index in [9.17, 15) is 0 Å². The predicted molar refractivity (Wildman–Crippen MR) is 129 cm³/mol. The highest BCUT2D eigenvalue weighted by molar-refractivity contribution is 14.1. The smallest absolute Gasteiger partial charge is 0.163 e. The van der Waals surface area contributed by atoms with E-state index in [0.717, 1.165) is 31.5 Å². The molecule has 0 aliphatic carbocycles. The average molecular weight is 533 g/mol. The molecule has 162 valence electrons. The van der Waals surface area contributed by atoms with E-state index >= 15 is 0 Å². The maximum Gasteiger partial charge on any atom is 0.163 e. The third-order valence-corrected chi connectivity index (χ3v) is 5.72. The van der Waals surface area contributed by atoms with Gasteiger partial charge >= 0.3 is 0 Å². The number of ether oxygens (including phenoxy) is 4. The number of nitrogens with zero attached hydrogens (tertiary/aromatic N) is 3. The van der Waals surface area contributed by atoms with Crippen molar-refractivity contribution in [2.45, 2.75) is 0 Å². The van der Waals surface area contributed by atoms with E-state index in [1.54, 1.807) is 14.2 Å². The Hall–Kier alpha value is -2.61. The molecule has 3 aromatic rings. The summed E-state index contributed by atoms with van der Waals surface area (Å²) in [5.41, 5.74) is 2.53. The maximum absolute atomic E-state index is 5.92. The van der Waals surface area contributed by atoms with Gasteiger partial charge < -0.3 is 23.8 Å². The largest absolute Gasteiger partial charge is 0.487 e. The fraction of sp³-hybridized carbons (Fsp3) is 0.304. The number of benzene rings is 2. The van der Waals surface area contributed by atoms with Gasteiger partial charge in [0.2, 0.25) is 0 Å². The molecule has 0 aliphatic heterocycles. The van der Waals surface area contributed by atoms with Crippen LogP contribution in [-0.2, 0) is 9.47 Å². The van der Waals surface area contributed by atoms with Gasteiger partial charge in [0.1, 0.15) is 25.4 Å². The van der Waals surface area contributed by atoms with Gasteiger partial charge in [-0.25, -0.2) is 9.97 Å². The summed E-state index contributed by atoms with van der Waals surface area (Å²) in [5.74, 6) is 4.65. The zero-order valence-electron chi connectivity index (χ0n) is 17.7. The Morgan fingerprint density at radius 3 is 2.32 bits per heavy atom. The molecule has 1 aromatic heterocycles. The maximum atomic E-state index is 5.92. The molecule has 0 aliphatic rings. The van der Waals surface area contributed by atoms with Crippen LogP contribution < -0.4 is 14.4 Å². The van der Waals surface area contributed by atoms with Crippen LogP contribution in [0.5, 0.6) is 11.5 Å². The lowest BCUT2D eigenvalue weighted by Gasteiger charge is -2.22. The normalized spacial score (nSPS) is 10.7. The van der Waals surface area contributed by atoms with E-state index in [-0.39, 0.29) is 0 Å². The van der Waals surface area contributed by atoms with Gasteiger partial charge in [-0.1, -0.05) is 12.0 Å². The lowest BCUT2D eigenvalue weighted by molar-refractivity contribution is 0.132. The molecular formula is C23H24IN3O4. The number of aromatic nitrogens is 2. The Kier molecular flexibility index (Phi) is 8.28. The van der Waals surface area contributed by atoms with Crippen molar-refractivity contribution < 1.29 is 18.9 Å². The zero-order valence-corrected chi connectivity index (χ0v) is 19.9. The monoisotopic (exact) mass is 533 g/mol. The molecule has 1 heterocycles. The van der Waals surface area contributed by atoms with Crippen molar-refractivity contribution in [3.05, 3.63) is 45.8 Å². The average Bonchev–Trinajstić information content (AvgIpc) is 2.79. The molecule has 0 fully saturated rings. The number of terminal acetylenes is 1. The predicted octanol–water partition coefficient (Wildman–Crippen LogP) is 4.03. The van der Waals surface area contributed by atoms with Crippen LogP contribution >= 0.6 is 22.6 Å². The van der Waals surface area contributed by atoms with Gasteiger partial charge in [0.05, 0.1) is 28.0 Å². The summed E-state index contributed by atoms with van der Waals surface area (Å²) in [7, 11) is 5.21. The first-order chi connectivity index (χ1) is 15.1. The number of anilines is 2. The number of halogens is 1. The van der Waals surface area contributed by atoms with Gasteiger partial charge in [-0.05, 0) is 40.8 Å². The summed E-state index contributed by atoms with van der Waals surface area (Å²) >= 11 is 2.26. The van der Waals surface area contributed by atoms with Crippen LogP contribution in [0.15, 0.2) is 36.7 Å². The Bertz CT molecular complexity index is 1080. The van der Waals surface area contributed by atoms with Gasteiger partial charge in [-0.3, -0.25) is 0 Å². The Balaban J connectivity index is 2.06. The van der Waals surface area contributed by atoms with E-state index in [1.807, 2.05) is 42.3 Å². The lowest BCUT2D eigenvalue weighted by Crippen LogP contribution is -2.14. The minimum Gasteiger partial charge on any atom is -0.487 e. The fourth-order valence-corrected chi connectivity index (χ4v) is 3.89. The molecule has 0 N–H and O–H groups in total. The first-order valence-electron chi connectivity index (χ1n) is 9.61.